The van der Waals surface area contributed by atoms with Crippen molar-refractivity contribution in [2.45, 2.75) is 162 Å². The number of amides is 3. The summed E-state index contributed by atoms with van der Waals surface area (Å²) in [6.45, 7) is 4.72. The number of nitrogens with zero attached hydrogens (tertiary/aromatic N) is 5. The highest BCUT2D eigenvalue weighted by molar-refractivity contribution is 5.90. The molecule has 502 valence electrons. The van der Waals surface area contributed by atoms with Crippen LogP contribution >= 0.6 is 0 Å². The van der Waals surface area contributed by atoms with Gasteiger partial charge in [0.25, 0.3) is 0 Å². The maximum Gasteiger partial charge on any atom is 0.410 e. The molecule has 4 aliphatic carbocycles. The normalized spacial score (nSPS) is 27.4. The zero-order valence-corrected chi connectivity index (χ0v) is 52.3. The van der Waals surface area contributed by atoms with Crippen molar-refractivity contribution in [1.82, 2.24) is 35.1 Å². The first-order valence-electron chi connectivity index (χ1n) is 31.5. The van der Waals surface area contributed by atoms with E-state index in [0.717, 1.165) is 41.9 Å². The van der Waals surface area contributed by atoms with Crippen molar-refractivity contribution < 1.29 is 103 Å². The number of Topliss-reactive ketones (excluding diaryl/α,β-unsaturated/α-hetero) is 2. The Hall–Kier alpha value is -6.36. The van der Waals surface area contributed by atoms with E-state index in [0.29, 0.717) is 63.2 Å². The van der Waals surface area contributed by atoms with E-state index in [9.17, 15) is 98.4 Å². The minimum absolute atomic E-state index is 0.0592. The Kier molecular flexibility index (Phi) is 27.7. The van der Waals surface area contributed by atoms with Crippen LogP contribution in [-0.2, 0) is 57.5 Å². The van der Waals surface area contributed by atoms with Crippen molar-refractivity contribution >= 4 is 71.3 Å². The molecular formula is C61H97N7O21. The topological polar surface area (TPSA) is 416 Å². The number of ketones is 2. The molecule has 3 amide bonds. The molecule has 28 nitrogen and oxygen atoms in total. The Bertz CT molecular complexity index is 2400. The molecule has 1 heterocycles. The summed E-state index contributed by atoms with van der Waals surface area (Å²) in [6.07, 6.45) is 6.96. The Labute approximate surface area is 519 Å². The number of rotatable bonds is 39. The largest absolute Gasteiger partial charge is 0.481 e. The first-order valence-corrected chi connectivity index (χ1v) is 31.5. The van der Waals surface area contributed by atoms with Gasteiger partial charge in [0.15, 0.2) is 0 Å². The molecule has 5 rings (SSSR count). The summed E-state index contributed by atoms with van der Waals surface area (Å²) in [6, 6.07) is -1.88. The highest BCUT2D eigenvalue weighted by atomic mass is 16.6. The number of ether oxygens (including phenoxy) is 1. The standard InChI is InChI=1S/C61H97N7O21/c1-36(12-17-50(72)73)44-15-16-45-41-14-13-39-26-40(18-19-60(39,4)46(41)27-49(71)61(44,45)5)89-59(88)68-28-42(57(86)62-20-8-6-10-47(37(2)69)66(34-55(82)83)24-22-64(30-51(74)75)31-52(76)77)43(29-68)58(87)63-21-9-7-11-48(38(3)70)67(35-56(84)85)25-23-65(32-53(78)79)33-54(80)81/h36,39-49,71H,6-35H2,1-5H3,(H,62,86)(H,63,87)(H,72,73)(H,74,75)(H,76,77)(H,78,79)(H,80,81)(H,82,83)(H,84,85)/t36?,39?,40-,41?,42-,43-,44?,45?,46?,47+,48+,49+,60+,61-/m1/s1. The summed E-state index contributed by atoms with van der Waals surface area (Å²) in [5.74, 6) is -10.9. The molecule has 6 unspecified atom stereocenters. The van der Waals surface area contributed by atoms with E-state index in [-0.39, 0.29) is 118 Å². The molecule has 4 saturated carbocycles. The molecule has 0 radical (unpaired) electrons. The molecule has 5 aliphatic rings. The minimum atomic E-state index is -1.29. The summed E-state index contributed by atoms with van der Waals surface area (Å²) in [5.41, 5.74) is -0.413. The molecular weight excluding hydrogens is 1170 g/mol. The van der Waals surface area contributed by atoms with Crippen LogP contribution in [0.1, 0.15) is 137 Å². The highest BCUT2D eigenvalue weighted by Crippen LogP contribution is 2.68. The fraction of sp³-hybridized carbons (Fsp3) is 0.803. The van der Waals surface area contributed by atoms with Crippen molar-refractivity contribution in [3.05, 3.63) is 0 Å². The van der Waals surface area contributed by atoms with Crippen LogP contribution in [0.3, 0.4) is 0 Å². The van der Waals surface area contributed by atoms with Crippen molar-refractivity contribution in [3.8, 4) is 0 Å². The number of aliphatic hydroxyl groups excluding tert-OH is 1. The van der Waals surface area contributed by atoms with E-state index in [1.807, 2.05) is 0 Å². The smallest absolute Gasteiger partial charge is 0.410 e. The number of hydrogen-bond acceptors (Lipinski definition) is 18. The Morgan fingerprint density at radius 2 is 1.01 bits per heavy atom. The van der Waals surface area contributed by atoms with Gasteiger partial charge in [0.05, 0.1) is 69.3 Å². The van der Waals surface area contributed by atoms with Crippen molar-refractivity contribution in [1.29, 1.82) is 0 Å². The number of carboxylic acids is 7. The quantitative estimate of drug-likeness (QED) is 0.0395. The summed E-state index contributed by atoms with van der Waals surface area (Å²) < 4.78 is 6.26. The molecule has 0 aromatic heterocycles. The third-order valence-corrected chi connectivity index (χ3v) is 20.6. The first-order chi connectivity index (χ1) is 41.8. The molecule has 10 N–H and O–H groups in total. The van der Waals surface area contributed by atoms with E-state index < -0.39 is 135 Å². The zero-order chi connectivity index (χ0) is 66.1. The summed E-state index contributed by atoms with van der Waals surface area (Å²) >= 11 is 0. The van der Waals surface area contributed by atoms with Gasteiger partial charge in [0.2, 0.25) is 11.8 Å². The van der Waals surface area contributed by atoms with Crippen LogP contribution in [-0.4, -0.2) is 253 Å². The number of carboxylic acid groups (broad SMARTS) is 7. The molecule has 1 saturated heterocycles. The second kappa shape index (κ2) is 33.6. The van der Waals surface area contributed by atoms with Gasteiger partial charge in [-0.15, -0.1) is 0 Å². The summed E-state index contributed by atoms with van der Waals surface area (Å²) in [7, 11) is 0. The van der Waals surface area contributed by atoms with Gasteiger partial charge in [-0.1, -0.05) is 20.8 Å². The number of likely N-dealkylation sites (tertiary alicyclic amines) is 1. The van der Waals surface area contributed by atoms with Crippen molar-refractivity contribution in [3.63, 3.8) is 0 Å². The maximum absolute atomic E-state index is 14.3. The fourth-order valence-electron chi connectivity index (χ4n) is 16.2. The monoisotopic (exact) mass is 1260 g/mol. The molecule has 89 heavy (non-hydrogen) atoms. The van der Waals surface area contributed by atoms with Crippen LogP contribution in [0.15, 0.2) is 0 Å². The third kappa shape index (κ3) is 20.6. The van der Waals surface area contributed by atoms with Gasteiger partial charge in [-0.05, 0) is 156 Å². The van der Waals surface area contributed by atoms with E-state index in [2.05, 4.69) is 31.4 Å². The number of aliphatic carboxylic acids is 7. The number of carbonyl (C=O) groups is 12. The molecule has 14 atom stereocenters. The van der Waals surface area contributed by atoms with E-state index in [1.165, 1.54) is 28.5 Å². The van der Waals surface area contributed by atoms with Crippen LogP contribution < -0.4 is 10.6 Å². The minimum Gasteiger partial charge on any atom is -0.481 e. The Balaban J connectivity index is 1.24. The van der Waals surface area contributed by atoms with Crippen LogP contribution in [0.4, 0.5) is 4.79 Å². The van der Waals surface area contributed by atoms with Gasteiger partial charge in [0.1, 0.15) is 17.7 Å². The third-order valence-electron chi connectivity index (χ3n) is 20.6. The number of carbonyl (C=O) groups excluding carboxylic acids is 5. The second-order valence-electron chi connectivity index (χ2n) is 26.3. The molecule has 1 aliphatic heterocycles. The van der Waals surface area contributed by atoms with Gasteiger partial charge in [-0.2, -0.15) is 0 Å². The second-order valence-corrected chi connectivity index (χ2v) is 26.3. The lowest BCUT2D eigenvalue weighted by molar-refractivity contribution is -0.175. The number of nitrogens with one attached hydrogen (secondary N) is 2. The average molecular weight is 1260 g/mol. The lowest BCUT2D eigenvalue weighted by atomic mass is 9.43. The molecule has 0 spiro atoms. The van der Waals surface area contributed by atoms with Crippen LogP contribution in [0.5, 0.6) is 0 Å². The lowest BCUT2D eigenvalue weighted by Crippen LogP contribution is -2.59. The number of hydrogen-bond donors (Lipinski definition) is 10. The number of aliphatic hydroxyl groups is 1. The molecule has 0 bridgehead atoms. The van der Waals surface area contributed by atoms with Crippen LogP contribution in [0.25, 0.3) is 0 Å². The van der Waals surface area contributed by atoms with Gasteiger partial charge >= 0.3 is 47.9 Å². The summed E-state index contributed by atoms with van der Waals surface area (Å²) in [4.78, 5) is 155. The van der Waals surface area contributed by atoms with Crippen molar-refractivity contribution in [2.24, 2.45) is 58.2 Å². The molecule has 0 aromatic rings. The number of fused-ring (bicyclic) bond motifs is 5. The zero-order valence-electron chi connectivity index (χ0n) is 52.3. The van der Waals surface area contributed by atoms with Crippen LogP contribution in [0.2, 0.25) is 0 Å². The summed E-state index contributed by atoms with van der Waals surface area (Å²) in [5, 5.41) is 83.7. The van der Waals surface area contributed by atoms with Crippen molar-refractivity contribution in [2.75, 3.05) is 91.6 Å². The molecule has 5 fully saturated rings. The van der Waals surface area contributed by atoms with Crippen LogP contribution in [0, 0.1) is 58.2 Å². The predicted molar refractivity (Wildman–Crippen MR) is 316 cm³/mol. The SMILES string of the molecule is CC(=O)[C@H](CCCCNC(=O)[C@@H]1CN(C(=O)O[C@@H]2CC[C@@]3(C)C(CCC4C3C[C@H](O)[C@]3(C)C(C(C)CCC(=O)O)CCC43)C2)C[C@H]1C(=O)NCCCC[C@@H](C(C)=O)N(CCN(CC(=O)O)CC(=O)O)CC(=O)O)N(CCN(CC(=O)O)CC(=O)O)CC(=O)O. The predicted octanol–water partition coefficient (Wildman–Crippen LogP) is 2.37. The van der Waals surface area contributed by atoms with Gasteiger partial charge in [-0.3, -0.25) is 72.3 Å². The molecule has 0 aromatic carbocycles. The van der Waals surface area contributed by atoms with E-state index in [4.69, 9.17) is 4.74 Å². The number of unbranched alkanes of at least 4 members (excludes halogenated alkanes) is 2. The lowest BCUT2D eigenvalue weighted by Gasteiger charge is -2.62. The molecule has 28 heteroatoms. The fourth-order valence-corrected chi connectivity index (χ4v) is 16.2. The Morgan fingerprint density at radius 3 is 1.44 bits per heavy atom. The van der Waals surface area contributed by atoms with Gasteiger partial charge < -0.3 is 61.1 Å². The Morgan fingerprint density at radius 1 is 0.551 bits per heavy atom. The van der Waals surface area contributed by atoms with Gasteiger partial charge in [-0.25, -0.2) is 4.79 Å². The van der Waals surface area contributed by atoms with E-state index >= 15 is 0 Å². The maximum atomic E-state index is 14.3. The first kappa shape index (κ1) is 73.4. The van der Waals surface area contributed by atoms with E-state index in [1.54, 1.807) is 0 Å². The average Bonchev–Trinajstić information content (AvgIpc) is 1.69. The van der Waals surface area contributed by atoms with Gasteiger partial charge in [0, 0.05) is 58.8 Å². The highest BCUT2D eigenvalue weighted by Gasteiger charge is 2.64.